The topological polar surface area (TPSA) is 43.0 Å². The van der Waals surface area contributed by atoms with Crippen LogP contribution in [0, 0.1) is 5.92 Å². The van der Waals surface area contributed by atoms with Gasteiger partial charge in [-0.3, -0.25) is 4.90 Å². The van der Waals surface area contributed by atoms with Crippen molar-refractivity contribution in [1.29, 1.82) is 0 Å². The van der Waals surface area contributed by atoms with Gasteiger partial charge in [0.25, 0.3) is 0 Å². The number of hydrogen-bond acceptors (Lipinski definition) is 5. The first kappa shape index (κ1) is 19.2. The molecule has 1 heterocycles. The first-order valence-corrected chi connectivity index (χ1v) is 9.71. The fourth-order valence-electron chi connectivity index (χ4n) is 3.87. The van der Waals surface area contributed by atoms with Crippen molar-refractivity contribution in [2.75, 3.05) is 53.6 Å². The zero-order valence-corrected chi connectivity index (χ0v) is 16.1. The molecule has 1 saturated heterocycles. The number of methoxy groups -OCH3 is 2. The van der Waals surface area contributed by atoms with Gasteiger partial charge in [0.1, 0.15) is 0 Å². The summed E-state index contributed by atoms with van der Waals surface area (Å²) in [7, 11) is 3.37. The molecule has 0 saturated carbocycles. The minimum absolute atomic E-state index is 0.317. The van der Waals surface area contributed by atoms with Crippen LogP contribution in [0.1, 0.15) is 30.9 Å². The van der Waals surface area contributed by atoms with Crippen LogP contribution in [-0.2, 0) is 4.74 Å². The number of rotatable bonds is 8. The van der Waals surface area contributed by atoms with E-state index in [2.05, 4.69) is 34.5 Å². The monoisotopic (exact) mass is 360 g/mol. The van der Waals surface area contributed by atoms with Crippen molar-refractivity contribution >= 4 is 0 Å². The number of allylic oxidation sites excluding steroid dienone is 2. The molecule has 26 heavy (non-hydrogen) atoms. The Morgan fingerprint density at radius 1 is 1.15 bits per heavy atom. The van der Waals surface area contributed by atoms with E-state index in [1.165, 1.54) is 24.8 Å². The highest BCUT2D eigenvalue weighted by atomic mass is 16.5. The summed E-state index contributed by atoms with van der Waals surface area (Å²) < 4.78 is 16.5. The quantitative estimate of drug-likeness (QED) is 0.722. The molecule has 0 amide bonds. The summed E-state index contributed by atoms with van der Waals surface area (Å²) in [5, 5.41) is 3.73. The molecule has 5 heteroatoms. The number of ether oxygens (including phenoxy) is 3. The molecule has 5 nitrogen and oxygen atoms in total. The largest absolute Gasteiger partial charge is 0.493 e. The highest BCUT2D eigenvalue weighted by molar-refractivity contribution is 5.44. The zero-order chi connectivity index (χ0) is 18.2. The molecule has 1 aliphatic heterocycles. The molecule has 1 fully saturated rings. The second-order valence-corrected chi connectivity index (χ2v) is 7.09. The molecule has 144 valence electrons. The van der Waals surface area contributed by atoms with Crippen LogP contribution in [0.2, 0.25) is 0 Å². The van der Waals surface area contributed by atoms with Gasteiger partial charge in [0, 0.05) is 25.7 Å². The molecule has 1 aliphatic carbocycles. The van der Waals surface area contributed by atoms with Gasteiger partial charge in [-0.15, -0.1) is 0 Å². The molecule has 1 aromatic rings. The van der Waals surface area contributed by atoms with Crippen molar-refractivity contribution < 1.29 is 14.2 Å². The summed E-state index contributed by atoms with van der Waals surface area (Å²) >= 11 is 0. The van der Waals surface area contributed by atoms with Crippen LogP contribution in [0.4, 0.5) is 0 Å². The minimum atomic E-state index is 0.317. The van der Waals surface area contributed by atoms with Crippen LogP contribution in [0.5, 0.6) is 11.5 Å². The summed E-state index contributed by atoms with van der Waals surface area (Å²) in [5.74, 6) is 2.33. The highest BCUT2D eigenvalue weighted by Gasteiger charge is 2.24. The van der Waals surface area contributed by atoms with Crippen LogP contribution in [0.25, 0.3) is 0 Å². The molecule has 0 spiro atoms. The smallest absolute Gasteiger partial charge is 0.161 e. The second-order valence-electron chi connectivity index (χ2n) is 7.09. The maximum absolute atomic E-state index is 5.55. The van der Waals surface area contributed by atoms with Gasteiger partial charge in [-0.05, 0) is 49.4 Å². The fourth-order valence-corrected chi connectivity index (χ4v) is 3.87. The van der Waals surface area contributed by atoms with E-state index < -0.39 is 0 Å². The summed E-state index contributed by atoms with van der Waals surface area (Å²) in [6.07, 6.45) is 8.34. The highest BCUT2D eigenvalue weighted by Crippen LogP contribution is 2.32. The molecule has 1 aromatic carbocycles. The number of nitrogens with one attached hydrogen (secondary N) is 1. The molecule has 0 bridgehead atoms. The fraction of sp³-hybridized carbons (Fsp3) is 0.619. The lowest BCUT2D eigenvalue weighted by molar-refractivity contribution is 0.0159. The maximum Gasteiger partial charge on any atom is 0.161 e. The van der Waals surface area contributed by atoms with E-state index in [1.807, 2.05) is 6.07 Å². The van der Waals surface area contributed by atoms with Gasteiger partial charge in [0.2, 0.25) is 0 Å². The van der Waals surface area contributed by atoms with Gasteiger partial charge in [-0.25, -0.2) is 0 Å². The Morgan fingerprint density at radius 3 is 2.65 bits per heavy atom. The second kappa shape index (κ2) is 9.95. The van der Waals surface area contributed by atoms with Crippen LogP contribution in [0.15, 0.2) is 30.4 Å². The molecule has 0 aromatic heterocycles. The van der Waals surface area contributed by atoms with E-state index >= 15 is 0 Å². The maximum atomic E-state index is 5.55. The van der Waals surface area contributed by atoms with Crippen molar-refractivity contribution in [2.45, 2.75) is 25.3 Å². The lowest BCUT2D eigenvalue weighted by Crippen LogP contribution is -2.43. The Kier molecular flexibility index (Phi) is 7.35. The van der Waals surface area contributed by atoms with Crippen molar-refractivity contribution in [2.24, 2.45) is 5.92 Å². The Labute approximate surface area is 157 Å². The Bertz CT molecular complexity index is 585. The lowest BCUT2D eigenvalue weighted by Gasteiger charge is -2.35. The van der Waals surface area contributed by atoms with Crippen LogP contribution < -0.4 is 14.8 Å². The average molecular weight is 360 g/mol. The molecule has 1 N–H and O–H groups in total. The van der Waals surface area contributed by atoms with Gasteiger partial charge < -0.3 is 19.5 Å². The third-order valence-corrected chi connectivity index (χ3v) is 5.43. The van der Waals surface area contributed by atoms with Gasteiger partial charge in [-0.1, -0.05) is 18.2 Å². The number of benzene rings is 1. The minimum Gasteiger partial charge on any atom is -0.493 e. The van der Waals surface area contributed by atoms with E-state index in [1.54, 1.807) is 14.2 Å². The molecule has 2 atom stereocenters. The number of hydrogen-bond donors (Lipinski definition) is 1. The van der Waals surface area contributed by atoms with E-state index in [4.69, 9.17) is 14.2 Å². The summed E-state index contributed by atoms with van der Waals surface area (Å²) in [6.45, 7) is 5.56. The predicted octanol–water partition coefficient (Wildman–Crippen LogP) is 3.02. The van der Waals surface area contributed by atoms with Crippen molar-refractivity contribution in [3.63, 3.8) is 0 Å². The van der Waals surface area contributed by atoms with E-state index in [0.717, 1.165) is 56.8 Å². The Morgan fingerprint density at radius 2 is 1.96 bits per heavy atom. The summed E-state index contributed by atoms with van der Waals surface area (Å²) in [6, 6.07) is 6.60. The molecular formula is C21H32N2O3. The van der Waals surface area contributed by atoms with E-state index in [-0.39, 0.29) is 0 Å². The van der Waals surface area contributed by atoms with Crippen LogP contribution in [0.3, 0.4) is 0 Å². The molecule has 3 rings (SSSR count). The first-order valence-electron chi connectivity index (χ1n) is 9.71. The number of nitrogens with zero attached hydrogens (tertiary/aromatic N) is 1. The first-order chi connectivity index (χ1) is 12.8. The zero-order valence-electron chi connectivity index (χ0n) is 16.1. The van der Waals surface area contributed by atoms with Gasteiger partial charge >= 0.3 is 0 Å². The van der Waals surface area contributed by atoms with Gasteiger partial charge in [-0.2, -0.15) is 0 Å². The van der Waals surface area contributed by atoms with E-state index in [0.29, 0.717) is 6.04 Å². The summed E-state index contributed by atoms with van der Waals surface area (Å²) in [5.41, 5.74) is 1.26. The normalized spacial score (nSPS) is 22.2. The molecule has 2 aliphatic rings. The van der Waals surface area contributed by atoms with Crippen molar-refractivity contribution in [3.05, 3.63) is 35.9 Å². The Balaban J connectivity index is 1.69. The van der Waals surface area contributed by atoms with E-state index in [9.17, 15) is 0 Å². The van der Waals surface area contributed by atoms with Crippen LogP contribution >= 0.6 is 0 Å². The van der Waals surface area contributed by atoms with Gasteiger partial charge in [0.15, 0.2) is 11.5 Å². The summed E-state index contributed by atoms with van der Waals surface area (Å²) in [4.78, 5) is 2.51. The average Bonchev–Trinajstić information content (AvgIpc) is 2.72. The SMILES string of the molecule is COc1ccc(C(CNCC2CC=CCC2)N2CCOCC2)cc1OC. The van der Waals surface area contributed by atoms with Crippen molar-refractivity contribution in [1.82, 2.24) is 10.2 Å². The standard InChI is InChI=1S/C21H32N2O3/c1-24-20-9-8-18(14-21(20)25-2)19(23-10-12-26-13-11-23)16-22-15-17-6-4-3-5-7-17/h3-4,8-9,14,17,19,22H,5-7,10-13,15-16H2,1-2H3. The molecule has 0 radical (unpaired) electrons. The molecule has 2 unspecified atom stereocenters. The lowest BCUT2D eigenvalue weighted by atomic mass is 9.94. The Hall–Kier alpha value is -1.56. The predicted molar refractivity (Wildman–Crippen MR) is 104 cm³/mol. The third-order valence-electron chi connectivity index (χ3n) is 5.43. The third kappa shape index (κ3) is 5.00. The van der Waals surface area contributed by atoms with Gasteiger partial charge in [0.05, 0.1) is 27.4 Å². The van der Waals surface area contributed by atoms with Crippen molar-refractivity contribution in [3.8, 4) is 11.5 Å². The van der Waals surface area contributed by atoms with Crippen LogP contribution in [-0.4, -0.2) is 58.5 Å². The molecular weight excluding hydrogens is 328 g/mol. The number of morpholine rings is 1.